The van der Waals surface area contributed by atoms with Crippen molar-refractivity contribution in [3.8, 4) is 5.75 Å². The summed E-state index contributed by atoms with van der Waals surface area (Å²) in [6, 6.07) is 4.97. The second-order valence-corrected chi connectivity index (χ2v) is 6.95. The SMILES string of the molecule is CCCOc1ccc(C(=O)N2C[C@@H]3COC[C@H](C2)N(C)C3=O)cc1Cl. The first-order valence-electron chi connectivity index (χ1n) is 8.57. The number of halogens is 1. The first-order valence-corrected chi connectivity index (χ1v) is 8.95. The molecule has 136 valence electrons. The van der Waals surface area contributed by atoms with Crippen LogP contribution in [-0.4, -0.2) is 67.6 Å². The minimum atomic E-state index is -0.316. The topological polar surface area (TPSA) is 59.1 Å². The first-order chi connectivity index (χ1) is 12.0. The summed E-state index contributed by atoms with van der Waals surface area (Å²) in [6.07, 6.45) is 0.886. The number of nitrogens with zero attached hydrogens (tertiary/aromatic N) is 2. The fourth-order valence-electron chi connectivity index (χ4n) is 3.21. The van der Waals surface area contributed by atoms with Crippen molar-refractivity contribution < 1.29 is 19.1 Å². The van der Waals surface area contributed by atoms with Gasteiger partial charge in [-0.05, 0) is 24.6 Å². The maximum Gasteiger partial charge on any atom is 0.254 e. The number of likely N-dealkylation sites (N-methyl/N-ethyl adjacent to an activating group) is 1. The number of fused-ring (bicyclic) bond motifs is 3. The van der Waals surface area contributed by atoms with Gasteiger partial charge in [0.1, 0.15) is 5.75 Å². The predicted octanol–water partition coefficient (Wildman–Crippen LogP) is 2.06. The van der Waals surface area contributed by atoms with E-state index >= 15 is 0 Å². The maximum atomic E-state index is 12.9. The highest BCUT2D eigenvalue weighted by Gasteiger charge is 2.38. The van der Waals surface area contributed by atoms with Crippen molar-refractivity contribution in [3.63, 3.8) is 0 Å². The second kappa shape index (κ2) is 7.62. The Balaban J connectivity index is 1.79. The lowest BCUT2D eigenvalue weighted by Crippen LogP contribution is -2.45. The van der Waals surface area contributed by atoms with Gasteiger partial charge in [0.15, 0.2) is 0 Å². The molecule has 1 aromatic rings. The molecule has 0 radical (unpaired) electrons. The number of benzene rings is 1. The van der Waals surface area contributed by atoms with Crippen LogP contribution in [0.1, 0.15) is 23.7 Å². The Kier molecular flexibility index (Phi) is 5.49. The molecular weight excluding hydrogens is 344 g/mol. The van der Waals surface area contributed by atoms with Gasteiger partial charge in [-0.2, -0.15) is 0 Å². The van der Waals surface area contributed by atoms with Crippen LogP contribution in [0.2, 0.25) is 5.02 Å². The van der Waals surface area contributed by atoms with E-state index in [0.29, 0.717) is 49.2 Å². The summed E-state index contributed by atoms with van der Waals surface area (Å²) >= 11 is 6.24. The van der Waals surface area contributed by atoms with Gasteiger partial charge in [0, 0.05) is 25.7 Å². The van der Waals surface area contributed by atoms with Crippen LogP contribution in [-0.2, 0) is 9.53 Å². The minimum Gasteiger partial charge on any atom is -0.492 e. The molecule has 0 aliphatic carbocycles. The van der Waals surface area contributed by atoms with E-state index in [9.17, 15) is 9.59 Å². The molecule has 0 saturated carbocycles. The Hall–Kier alpha value is -1.79. The minimum absolute atomic E-state index is 0.0409. The van der Waals surface area contributed by atoms with Gasteiger partial charge in [-0.25, -0.2) is 0 Å². The Morgan fingerprint density at radius 2 is 2.16 bits per heavy atom. The van der Waals surface area contributed by atoms with Gasteiger partial charge in [0.2, 0.25) is 5.91 Å². The third kappa shape index (κ3) is 3.75. The number of rotatable bonds is 4. The average Bonchev–Trinajstić information content (AvgIpc) is 2.78. The van der Waals surface area contributed by atoms with Gasteiger partial charge in [0.05, 0.1) is 36.8 Å². The van der Waals surface area contributed by atoms with Crippen LogP contribution in [0.5, 0.6) is 5.75 Å². The highest BCUT2D eigenvalue weighted by atomic mass is 35.5. The van der Waals surface area contributed by atoms with Crippen molar-refractivity contribution >= 4 is 23.4 Å². The molecule has 0 N–H and O–H groups in total. The van der Waals surface area contributed by atoms with Gasteiger partial charge in [-0.15, -0.1) is 0 Å². The Morgan fingerprint density at radius 1 is 1.36 bits per heavy atom. The normalized spacial score (nSPS) is 23.4. The summed E-state index contributed by atoms with van der Waals surface area (Å²) in [5.41, 5.74) is 0.504. The molecule has 2 atom stereocenters. The molecule has 2 fully saturated rings. The number of hydrogen-bond acceptors (Lipinski definition) is 4. The fourth-order valence-corrected chi connectivity index (χ4v) is 3.44. The Labute approximate surface area is 152 Å². The third-order valence-corrected chi connectivity index (χ3v) is 4.97. The molecule has 6 nitrogen and oxygen atoms in total. The molecule has 1 aromatic carbocycles. The lowest BCUT2D eigenvalue weighted by molar-refractivity contribution is -0.133. The summed E-state index contributed by atoms with van der Waals surface area (Å²) in [4.78, 5) is 28.8. The van der Waals surface area contributed by atoms with E-state index in [-0.39, 0.29) is 23.8 Å². The Morgan fingerprint density at radius 3 is 2.88 bits per heavy atom. The van der Waals surface area contributed by atoms with Gasteiger partial charge in [-0.3, -0.25) is 9.59 Å². The summed E-state index contributed by atoms with van der Waals surface area (Å²) in [5.74, 6) is 0.184. The molecular formula is C18H23ClN2O4. The van der Waals surface area contributed by atoms with Crippen LogP contribution >= 0.6 is 11.6 Å². The number of carbonyl (C=O) groups excluding carboxylic acids is 2. The van der Waals surface area contributed by atoms with Crippen LogP contribution in [0.4, 0.5) is 0 Å². The fraction of sp³-hybridized carbons (Fsp3) is 0.556. The zero-order valence-corrected chi connectivity index (χ0v) is 15.3. The zero-order chi connectivity index (χ0) is 18.0. The van der Waals surface area contributed by atoms with Gasteiger partial charge in [0.25, 0.3) is 5.91 Å². The highest BCUT2D eigenvalue weighted by Crippen LogP contribution is 2.27. The van der Waals surface area contributed by atoms with Crippen molar-refractivity contribution in [2.45, 2.75) is 19.4 Å². The van der Waals surface area contributed by atoms with Gasteiger partial charge < -0.3 is 19.3 Å². The molecule has 0 unspecified atom stereocenters. The van der Waals surface area contributed by atoms with Crippen LogP contribution in [0.3, 0.4) is 0 Å². The molecule has 2 aliphatic heterocycles. The van der Waals surface area contributed by atoms with E-state index in [2.05, 4.69) is 0 Å². The van der Waals surface area contributed by atoms with E-state index in [1.807, 2.05) is 6.92 Å². The smallest absolute Gasteiger partial charge is 0.254 e. The molecule has 3 rings (SSSR count). The van der Waals surface area contributed by atoms with E-state index < -0.39 is 0 Å². The van der Waals surface area contributed by atoms with Crippen molar-refractivity contribution in [2.24, 2.45) is 5.92 Å². The number of ether oxygens (including phenoxy) is 2. The molecule has 0 aromatic heterocycles. The molecule has 2 aliphatic rings. The average molecular weight is 367 g/mol. The molecule has 2 saturated heterocycles. The lowest BCUT2D eigenvalue weighted by atomic mass is 10.1. The summed E-state index contributed by atoms with van der Waals surface area (Å²) in [6.45, 7) is 4.23. The third-order valence-electron chi connectivity index (χ3n) is 4.67. The largest absolute Gasteiger partial charge is 0.492 e. The van der Waals surface area contributed by atoms with Crippen LogP contribution in [0.25, 0.3) is 0 Å². The maximum absolute atomic E-state index is 12.9. The monoisotopic (exact) mass is 366 g/mol. The second-order valence-electron chi connectivity index (χ2n) is 6.54. The molecule has 2 heterocycles. The highest BCUT2D eigenvalue weighted by molar-refractivity contribution is 6.32. The van der Waals surface area contributed by atoms with E-state index in [4.69, 9.17) is 21.1 Å². The number of carbonyl (C=O) groups is 2. The standard InChI is InChI=1S/C18H23ClN2O4/c1-3-6-25-16-5-4-12(7-15(16)19)18(23)21-8-13-10-24-11-14(9-21)20(2)17(13)22/h4-5,7,13-14H,3,6,8-11H2,1-2H3/t13-,14+/m1/s1. The van der Waals surface area contributed by atoms with Gasteiger partial charge in [-0.1, -0.05) is 18.5 Å². The quantitative estimate of drug-likeness (QED) is 0.818. The van der Waals surface area contributed by atoms with E-state index in [1.165, 1.54) is 0 Å². The summed E-state index contributed by atoms with van der Waals surface area (Å²) < 4.78 is 11.1. The lowest BCUT2D eigenvalue weighted by Gasteiger charge is -2.29. The first kappa shape index (κ1) is 18.0. The number of hydrogen-bond donors (Lipinski definition) is 0. The molecule has 25 heavy (non-hydrogen) atoms. The molecule has 7 heteroatoms. The van der Waals surface area contributed by atoms with Crippen molar-refractivity contribution in [2.75, 3.05) is 40.0 Å². The van der Waals surface area contributed by atoms with E-state index in [1.54, 1.807) is 35.0 Å². The van der Waals surface area contributed by atoms with Crippen molar-refractivity contribution in [3.05, 3.63) is 28.8 Å². The molecule has 2 bridgehead atoms. The van der Waals surface area contributed by atoms with Gasteiger partial charge >= 0.3 is 0 Å². The molecule has 0 spiro atoms. The van der Waals surface area contributed by atoms with Crippen molar-refractivity contribution in [1.29, 1.82) is 0 Å². The van der Waals surface area contributed by atoms with Crippen LogP contribution in [0.15, 0.2) is 18.2 Å². The zero-order valence-electron chi connectivity index (χ0n) is 14.5. The molecule has 2 amide bonds. The van der Waals surface area contributed by atoms with E-state index in [0.717, 1.165) is 6.42 Å². The summed E-state index contributed by atoms with van der Waals surface area (Å²) in [5, 5.41) is 0.422. The van der Waals surface area contributed by atoms with Crippen LogP contribution in [0, 0.1) is 5.92 Å². The van der Waals surface area contributed by atoms with Crippen molar-refractivity contribution in [1.82, 2.24) is 9.80 Å². The summed E-state index contributed by atoms with van der Waals surface area (Å²) in [7, 11) is 1.78. The van der Waals surface area contributed by atoms with Crippen LogP contribution < -0.4 is 4.74 Å². The Bertz CT molecular complexity index is 666. The number of amides is 2. The predicted molar refractivity (Wildman–Crippen MR) is 94.0 cm³/mol.